The van der Waals surface area contributed by atoms with Gasteiger partial charge in [-0.15, -0.1) is 0 Å². The molecule has 114 valence electrons. The van der Waals surface area contributed by atoms with Gasteiger partial charge in [-0.25, -0.2) is 4.39 Å². The fourth-order valence-corrected chi connectivity index (χ4v) is 2.01. The second-order valence-corrected chi connectivity index (χ2v) is 5.55. The molecule has 0 radical (unpaired) electrons. The van der Waals surface area contributed by atoms with Gasteiger partial charge in [-0.3, -0.25) is 4.68 Å². The van der Waals surface area contributed by atoms with E-state index in [1.807, 2.05) is 19.3 Å². The van der Waals surface area contributed by atoms with Crippen molar-refractivity contribution in [1.29, 1.82) is 0 Å². The molecule has 0 unspecified atom stereocenters. The van der Waals surface area contributed by atoms with Crippen LogP contribution in [0.2, 0.25) is 0 Å². The minimum Gasteiger partial charge on any atom is -0.487 e. The van der Waals surface area contributed by atoms with Crippen molar-refractivity contribution in [3.8, 4) is 5.75 Å². The number of benzene rings is 1. The lowest BCUT2D eigenvalue weighted by atomic mass is 10.1. The van der Waals surface area contributed by atoms with Gasteiger partial charge in [-0.05, 0) is 36.7 Å². The highest BCUT2D eigenvalue weighted by molar-refractivity contribution is 5.34. The first kappa shape index (κ1) is 15.5. The van der Waals surface area contributed by atoms with Gasteiger partial charge in [-0.2, -0.15) is 5.10 Å². The second-order valence-electron chi connectivity index (χ2n) is 5.55. The summed E-state index contributed by atoms with van der Waals surface area (Å²) in [4.78, 5) is 0. The van der Waals surface area contributed by atoms with E-state index in [1.54, 1.807) is 10.7 Å². The average molecular weight is 291 g/mol. The van der Waals surface area contributed by atoms with Gasteiger partial charge in [0.25, 0.3) is 0 Å². The van der Waals surface area contributed by atoms with Crippen LogP contribution in [0, 0.1) is 11.7 Å². The van der Waals surface area contributed by atoms with Gasteiger partial charge < -0.3 is 10.1 Å². The van der Waals surface area contributed by atoms with Crippen molar-refractivity contribution in [2.24, 2.45) is 13.0 Å². The predicted octanol–water partition coefficient (Wildman–Crippen LogP) is 2.88. The van der Waals surface area contributed by atoms with Gasteiger partial charge in [0.05, 0.1) is 5.69 Å². The highest BCUT2D eigenvalue weighted by atomic mass is 19.1. The third-order valence-corrected chi connectivity index (χ3v) is 3.03. The smallest absolute Gasteiger partial charge is 0.132 e. The summed E-state index contributed by atoms with van der Waals surface area (Å²) in [5.41, 5.74) is 1.68. The maximum absolute atomic E-state index is 13.4. The number of nitrogens with one attached hydrogen (secondary N) is 1. The van der Waals surface area contributed by atoms with Gasteiger partial charge in [0.2, 0.25) is 0 Å². The number of aromatic nitrogens is 2. The van der Waals surface area contributed by atoms with Gasteiger partial charge in [0.15, 0.2) is 0 Å². The van der Waals surface area contributed by atoms with E-state index >= 15 is 0 Å². The first-order valence-corrected chi connectivity index (χ1v) is 7.15. The van der Waals surface area contributed by atoms with Crippen LogP contribution in [0.3, 0.4) is 0 Å². The molecule has 5 heteroatoms. The molecule has 0 aliphatic rings. The van der Waals surface area contributed by atoms with Crippen molar-refractivity contribution in [3.05, 3.63) is 47.5 Å². The minimum absolute atomic E-state index is 0.249. The SMILES string of the molecule is CC(C)CNCc1cc(F)ccc1OCc1ccn(C)n1. The first-order chi connectivity index (χ1) is 10.0. The molecule has 2 aromatic rings. The Morgan fingerprint density at radius 3 is 2.81 bits per heavy atom. The van der Waals surface area contributed by atoms with Crippen LogP contribution in [0.1, 0.15) is 25.1 Å². The summed E-state index contributed by atoms with van der Waals surface area (Å²) < 4.78 is 20.9. The Labute approximate surface area is 124 Å². The molecular formula is C16H22FN3O. The zero-order valence-electron chi connectivity index (χ0n) is 12.8. The van der Waals surface area contributed by atoms with Gasteiger partial charge in [0.1, 0.15) is 18.2 Å². The molecule has 0 aliphatic carbocycles. The van der Waals surface area contributed by atoms with Crippen molar-refractivity contribution >= 4 is 0 Å². The molecule has 1 aromatic heterocycles. The normalized spacial score (nSPS) is 11.1. The molecule has 0 bridgehead atoms. The van der Waals surface area contributed by atoms with E-state index in [0.29, 0.717) is 24.8 Å². The number of aryl methyl sites for hydroxylation is 1. The summed E-state index contributed by atoms with van der Waals surface area (Å²) in [6, 6.07) is 6.51. The Bertz CT molecular complexity index is 581. The molecule has 1 N–H and O–H groups in total. The summed E-state index contributed by atoms with van der Waals surface area (Å²) in [5.74, 6) is 0.997. The van der Waals surface area contributed by atoms with E-state index in [4.69, 9.17) is 4.74 Å². The quantitative estimate of drug-likeness (QED) is 0.852. The fraction of sp³-hybridized carbons (Fsp3) is 0.438. The van der Waals surface area contributed by atoms with Crippen molar-refractivity contribution in [3.63, 3.8) is 0 Å². The largest absolute Gasteiger partial charge is 0.487 e. The number of nitrogens with zero attached hydrogens (tertiary/aromatic N) is 2. The Kier molecular flexibility index (Phi) is 5.33. The molecule has 0 saturated heterocycles. The number of halogens is 1. The lowest BCUT2D eigenvalue weighted by molar-refractivity contribution is 0.295. The van der Waals surface area contributed by atoms with Crippen LogP contribution < -0.4 is 10.1 Å². The number of hydrogen-bond donors (Lipinski definition) is 1. The molecule has 1 heterocycles. The molecule has 2 rings (SSSR count). The first-order valence-electron chi connectivity index (χ1n) is 7.15. The molecule has 0 spiro atoms. The van der Waals surface area contributed by atoms with Crippen molar-refractivity contribution in [1.82, 2.24) is 15.1 Å². The maximum Gasteiger partial charge on any atom is 0.132 e. The lowest BCUT2D eigenvalue weighted by Crippen LogP contribution is -2.19. The van der Waals surface area contributed by atoms with Gasteiger partial charge in [0, 0.05) is 25.4 Å². The number of ether oxygens (including phenoxy) is 1. The molecular weight excluding hydrogens is 269 g/mol. The Balaban J connectivity index is 2.00. The lowest BCUT2D eigenvalue weighted by Gasteiger charge is -2.13. The van der Waals surface area contributed by atoms with E-state index in [0.717, 1.165) is 17.8 Å². The van der Waals surface area contributed by atoms with E-state index in [-0.39, 0.29) is 5.82 Å². The topological polar surface area (TPSA) is 39.1 Å². The summed E-state index contributed by atoms with van der Waals surface area (Å²) >= 11 is 0. The zero-order chi connectivity index (χ0) is 15.2. The van der Waals surface area contributed by atoms with E-state index in [1.165, 1.54) is 12.1 Å². The summed E-state index contributed by atoms with van der Waals surface area (Å²) in [6.07, 6.45) is 1.87. The van der Waals surface area contributed by atoms with E-state index in [2.05, 4.69) is 24.3 Å². The summed E-state index contributed by atoms with van der Waals surface area (Å²) in [6.45, 7) is 6.13. The van der Waals surface area contributed by atoms with Crippen LogP contribution >= 0.6 is 0 Å². The van der Waals surface area contributed by atoms with Crippen LogP contribution in [0.4, 0.5) is 4.39 Å². The average Bonchev–Trinajstić information content (AvgIpc) is 2.83. The van der Waals surface area contributed by atoms with Crippen LogP contribution in [-0.2, 0) is 20.2 Å². The van der Waals surface area contributed by atoms with Crippen molar-refractivity contribution in [2.45, 2.75) is 27.0 Å². The van der Waals surface area contributed by atoms with Gasteiger partial charge in [-0.1, -0.05) is 13.8 Å². The third kappa shape index (κ3) is 4.86. The van der Waals surface area contributed by atoms with E-state index < -0.39 is 0 Å². The monoisotopic (exact) mass is 291 g/mol. The standard InChI is InChI=1S/C16H22FN3O/c1-12(2)9-18-10-13-8-14(17)4-5-16(13)21-11-15-6-7-20(3)19-15/h4-8,12,18H,9-11H2,1-3H3. The zero-order valence-corrected chi connectivity index (χ0v) is 12.8. The van der Waals surface area contributed by atoms with E-state index in [9.17, 15) is 4.39 Å². The van der Waals surface area contributed by atoms with Crippen LogP contribution in [0.25, 0.3) is 0 Å². The van der Waals surface area contributed by atoms with Gasteiger partial charge >= 0.3 is 0 Å². The van der Waals surface area contributed by atoms with Crippen LogP contribution in [-0.4, -0.2) is 16.3 Å². The summed E-state index contributed by atoms with van der Waals surface area (Å²) in [5, 5.41) is 7.56. The van der Waals surface area contributed by atoms with Crippen molar-refractivity contribution < 1.29 is 9.13 Å². The molecule has 0 saturated carbocycles. The highest BCUT2D eigenvalue weighted by Gasteiger charge is 2.07. The highest BCUT2D eigenvalue weighted by Crippen LogP contribution is 2.20. The molecule has 21 heavy (non-hydrogen) atoms. The van der Waals surface area contributed by atoms with Crippen LogP contribution in [0.5, 0.6) is 5.75 Å². The minimum atomic E-state index is -0.249. The molecule has 4 nitrogen and oxygen atoms in total. The molecule has 0 aliphatic heterocycles. The maximum atomic E-state index is 13.4. The second kappa shape index (κ2) is 7.22. The molecule has 0 fully saturated rings. The predicted molar refractivity (Wildman–Crippen MR) is 80.5 cm³/mol. The van der Waals surface area contributed by atoms with Crippen molar-refractivity contribution in [2.75, 3.05) is 6.54 Å². The Morgan fingerprint density at radius 2 is 2.14 bits per heavy atom. The summed E-state index contributed by atoms with van der Waals surface area (Å²) in [7, 11) is 1.86. The Morgan fingerprint density at radius 1 is 1.33 bits per heavy atom. The fourth-order valence-electron chi connectivity index (χ4n) is 2.01. The molecule has 0 amide bonds. The molecule has 0 atom stereocenters. The number of hydrogen-bond acceptors (Lipinski definition) is 3. The Hall–Kier alpha value is -1.88. The third-order valence-electron chi connectivity index (χ3n) is 3.03. The molecule has 1 aromatic carbocycles. The number of rotatable bonds is 7. The van der Waals surface area contributed by atoms with Crippen LogP contribution in [0.15, 0.2) is 30.5 Å².